The van der Waals surface area contributed by atoms with E-state index in [1.165, 1.54) is 10.9 Å². The van der Waals surface area contributed by atoms with E-state index in [2.05, 4.69) is 22.0 Å². The van der Waals surface area contributed by atoms with Crippen LogP contribution < -0.4 is 0 Å². The number of imidazole rings is 1. The smallest absolute Gasteiger partial charge is 0.332 e. The molecule has 10 heteroatoms. The second-order valence-corrected chi connectivity index (χ2v) is 9.50. The van der Waals surface area contributed by atoms with E-state index in [0.717, 1.165) is 29.1 Å². The molecule has 4 aromatic rings. The molecular formula is C28H29F3N6O. The SMILES string of the molecule is CCc1ccnc(CN2CCc3c(cc(Cn4ccnc4C)cc3-c3cn(CC)nc3C(F)(F)F)C2=O)c1. The van der Waals surface area contributed by atoms with E-state index < -0.39 is 11.9 Å². The molecule has 0 saturated heterocycles. The van der Waals surface area contributed by atoms with Gasteiger partial charge in [0.15, 0.2) is 5.69 Å². The molecule has 0 unspecified atom stereocenters. The number of nitrogens with zero attached hydrogens (tertiary/aromatic N) is 6. The first-order valence-electron chi connectivity index (χ1n) is 12.7. The second kappa shape index (κ2) is 10.1. The first-order valence-corrected chi connectivity index (χ1v) is 12.7. The number of fused-ring (bicyclic) bond motifs is 1. The van der Waals surface area contributed by atoms with Crippen molar-refractivity contribution < 1.29 is 18.0 Å². The predicted octanol–water partition coefficient (Wildman–Crippen LogP) is 5.30. The van der Waals surface area contributed by atoms with Gasteiger partial charge in [-0.15, -0.1) is 0 Å². The summed E-state index contributed by atoms with van der Waals surface area (Å²) >= 11 is 0. The molecule has 0 fully saturated rings. The average molecular weight is 523 g/mol. The van der Waals surface area contributed by atoms with Gasteiger partial charge in [0.05, 0.1) is 12.2 Å². The minimum atomic E-state index is -4.62. The number of aryl methyl sites for hydroxylation is 3. The number of hydrogen-bond donors (Lipinski definition) is 0. The third-order valence-electron chi connectivity index (χ3n) is 7.02. The number of benzene rings is 1. The molecule has 0 atom stereocenters. The standard InChI is InChI=1S/C28H29F3N6O/c1-4-19-6-8-33-21(12-19)16-36-10-7-22-23(25-17-37(5-2)34-26(25)28(29,30)31)13-20(14-24(22)27(36)38)15-35-11-9-32-18(35)3/h6,8-9,11-14,17H,4-5,7,10,15-16H2,1-3H3. The van der Waals surface area contributed by atoms with Crippen molar-refractivity contribution in [1.82, 2.24) is 29.2 Å². The van der Waals surface area contributed by atoms with E-state index >= 15 is 0 Å². The van der Waals surface area contributed by atoms with Crippen LogP contribution in [-0.4, -0.2) is 41.7 Å². The van der Waals surface area contributed by atoms with Gasteiger partial charge in [0, 0.05) is 55.5 Å². The summed E-state index contributed by atoms with van der Waals surface area (Å²) < 4.78 is 45.3. The molecule has 38 heavy (non-hydrogen) atoms. The highest BCUT2D eigenvalue weighted by Gasteiger charge is 2.39. The normalized spacial score (nSPS) is 13.7. The van der Waals surface area contributed by atoms with Crippen LogP contribution in [0.2, 0.25) is 0 Å². The quantitative estimate of drug-likeness (QED) is 0.331. The Balaban J connectivity index is 1.61. The Hall–Kier alpha value is -3.95. The van der Waals surface area contributed by atoms with E-state index in [1.807, 2.05) is 29.8 Å². The van der Waals surface area contributed by atoms with Crippen molar-refractivity contribution >= 4 is 5.91 Å². The van der Waals surface area contributed by atoms with Crippen LogP contribution in [-0.2, 0) is 38.7 Å². The van der Waals surface area contributed by atoms with Crippen LogP contribution in [0.4, 0.5) is 13.2 Å². The van der Waals surface area contributed by atoms with Crippen LogP contribution >= 0.6 is 0 Å². The largest absolute Gasteiger partial charge is 0.435 e. The summed E-state index contributed by atoms with van der Waals surface area (Å²) in [7, 11) is 0. The fraction of sp³-hybridized carbons (Fsp3) is 0.357. The minimum absolute atomic E-state index is 0.00151. The van der Waals surface area contributed by atoms with Gasteiger partial charge in [0.25, 0.3) is 5.91 Å². The highest BCUT2D eigenvalue weighted by Crippen LogP contribution is 2.40. The molecule has 1 aromatic carbocycles. The van der Waals surface area contributed by atoms with E-state index in [9.17, 15) is 18.0 Å². The van der Waals surface area contributed by atoms with Gasteiger partial charge in [0.1, 0.15) is 5.82 Å². The van der Waals surface area contributed by atoms with Crippen LogP contribution in [0.1, 0.15) is 58.1 Å². The van der Waals surface area contributed by atoms with Crippen LogP contribution in [0, 0.1) is 6.92 Å². The first kappa shape index (κ1) is 25.7. The van der Waals surface area contributed by atoms with Gasteiger partial charge in [-0.25, -0.2) is 4.98 Å². The molecule has 7 nitrogen and oxygen atoms in total. The van der Waals surface area contributed by atoms with E-state index in [0.29, 0.717) is 49.3 Å². The topological polar surface area (TPSA) is 68.8 Å². The van der Waals surface area contributed by atoms with Gasteiger partial charge in [-0.3, -0.25) is 14.5 Å². The predicted molar refractivity (Wildman–Crippen MR) is 136 cm³/mol. The lowest BCUT2D eigenvalue weighted by atomic mass is 9.88. The lowest BCUT2D eigenvalue weighted by Gasteiger charge is -2.30. The number of halogens is 3. The van der Waals surface area contributed by atoms with Crippen molar-refractivity contribution in [2.75, 3.05) is 6.54 Å². The maximum absolute atomic E-state index is 14.0. The fourth-order valence-corrected chi connectivity index (χ4v) is 4.98. The Morgan fingerprint density at radius 2 is 1.76 bits per heavy atom. The third kappa shape index (κ3) is 4.94. The molecule has 0 spiro atoms. The molecule has 0 saturated carbocycles. The van der Waals surface area contributed by atoms with E-state index in [4.69, 9.17) is 0 Å². The Morgan fingerprint density at radius 3 is 2.45 bits per heavy atom. The molecule has 0 aliphatic carbocycles. The molecule has 0 bridgehead atoms. The van der Waals surface area contributed by atoms with Crippen molar-refractivity contribution in [3.8, 4) is 11.1 Å². The zero-order valence-electron chi connectivity index (χ0n) is 21.6. The third-order valence-corrected chi connectivity index (χ3v) is 7.02. The van der Waals surface area contributed by atoms with Gasteiger partial charge in [-0.05, 0) is 73.2 Å². The Kier molecular flexibility index (Phi) is 6.81. The molecule has 4 heterocycles. The molecular weight excluding hydrogens is 493 g/mol. The number of carbonyl (C=O) groups excluding carboxylic acids is 1. The number of aromatic nitrogens is 5. The summed E-state index contributed by atoms with van der Waals surface area (Å²) in [5.41, 5.74) is 3.15. The van der Waals surface area contributed by atoms with Crippen molar-refractivity contribution in [1.29, 1.82) is 0 Å². The summed E-state index contributed by atoms with van der Waals surface area (Å²) in [6, 6.07) is 7.50. The highest BCUT2D eigenvalue weighted by molar-refractivity contribution is 5.99. The monoisotopic (exact) mass is 522 g/mol. The molecule has 1 aliphatic rings. The summed E-state index contributed by atoms with van der Waals surface area (Å²) in [6.45, 7) is 7.07. The van der Waals surface area contributed by atoms with Gasteiger partial charge in [-0.1, -0.05) is 6.92 Å². The van der Waals surface area contributed by atoms with Crippen LogP contribution in [0.5, 0.6) is 0 Å². The van der Waals surface area contributed by atoms with Gasteiger partial charge >= 0.3 is 6.18 Å². The number of rotatable bonds is 7. The molecule has 0 N–H and O–H groups in total. The number of carbonyl (C=O) groups is 1. The lowest BCUT2D eigenvalue weighted by Crippen LogP contribution is -2.37. The Labute approximate surface area is 218 Å². The minimum Gasteiger partial charge on any atom is -0.332 e. The lowest BCUT2D eigenvalue weighted by molar-refractivity contribution is -0.141. The number of hydrogen-bond acceptors (Lipinski definition) is 4. The molecule has 0 radical (unpaired) electrons. The van der Waals surface area contributed by atoms with Gasteiger partial charge < -0.3 is 9.47 Å². The molecule has 3 aromatic heterocycles. The van der Waals surface area contributed by atoms with Crippen LogP contribution in [0.15, 0.2) is 49.1 Å². The molecule has 198 valence electrons. The van der Waals surface area contributed by atoms with Gasteiger partial charge in [-0.2, -0.15) is 18.3 Å². The van der Waals surface area contributed by atoms with Crippen molar-refractivity contribution in [3.63, 3.8) is 0 Å². The fourth-order valence-electron chi connectivity index (χ4n) is 4.98. The van der Waals surface area contributed by atoms with Gasteiger partial charge in [0.2, 0.25) is 0 Å². The summed E-state index contributed by atoms with van der Waals surface area (Å²) in [5.74, 6) is 0.561. The molecule has 1 amide bonds. The van der Waals surface area contributed by atoms with Crippen LogP contribution in [0.25, 0.3) is 11.1 Å². The van der Waals surface area contributed by atoms with Crippen molar-refractivity contribution in [2.24, 2.45) is 0 Å². The Bertz CT molecular complexity index is 1490. The molecule has 5 rings (SSSR count). The van der Waals surface area contributed by atoms with Crippen molar-refractivity contribution in [2.45, 2.75) is 59.4 Å². The molecule has 1 aliphatic heterocycles. The second-order valence-electron chi connectivity index (χ2n) is 9.50. The number of alkyl halides is 3. The maximum Gasteiger partial charge on any atom is 0.435 e. The zero-order valence-corrected chi connectivity index (χ0v) is 21.6. The summed E-state index contributed by atoms with van der Waals surface area (Å²) in [5, 5.41) is 3.82. The van der Waals surface area contributed by atoms with E-state index in [-0.39, 0.29) is 11.5 Å². The number of amides is 1. The maximum atomic E-state index is 14.0. The summed E-state index contributed by atoms with van der Waals surface area (Å²) in [4.78, 5) is 24.2. The van der Waals surface area contributed by atoms with Crippen LogP contribution in [0.3, 0.4) is 0 Å². The van der Waals surface area contributed by atoms with Crippen molar-refractivity contribution in [3.05, 3.63) is 88.5 Å². The highest BCUT2D eigenvalue weighted by atomic mass is 19.4. The number of pyridine rings is 1. The average Bonchev–Trinajstić information content (AvgIpc) is 3.52. The Morgan fingerprint density at radius 1 is 0.974 bits per heavy atom. The summed E-state index contributed by atoms with van der Waals surface area (Å²) in [6.07, 6.45) is 3.33. The van der Waals surface area contributed by atoms with E-state index in [1.54, 1.807) is 36.4 Å². The first-order chi connectivity index (χ1) is 18.2. The zero-order chi connectivity index (χ0) is 27.0.